The maximum absolute atomic E-state index is 4.53. The van der Waals surface area contributed by atoms with Gasteiger partial charge in [-0.1, -0.05) is 13.3 Å². The maximum atomic E-state index is 4.53. The number of hydrogen-bond acceptors (Lipinski definition) is 2. The summed E-state index contributed by atoms with van der Waals surface area (Å²) in [6.07, 6.45) is 7.06. The minimum Gasteiger partial charge on any atom is -0.353 e. The van der Waals surface area contributed by atoms with Crippen molar-refractivity contribution < 1.29 is 0 Å². The number of anilines is 1. The number of aromatic nitrogens is 1. The van der Waals surface area contributed by atoms with Crippen molar-refractivity contribution in [2.75, 3.05) is 11.4 Å². The lowest BCUT2D eigenvalue weighted by Crippen LogP contribution is -2.28. The lowest BCUT2D eigenvalue weighted by Gasteiger charge is -2.24. The van der Waals surface area contributed by atoms with Gasteiger partial charge in [-0.2, -0.15) is 0 Å². The summed E-state index contributed by atoms with van der Waals surface area (Å²) in [5, 5.41) is 0. The van der Waals surface area contributed by atoms with Crippen LogP contribution in [0.1, 0.15) is 38.2 Å². The number of pyridine rings is 1. The standard InChI is InChI=1S/C13H19BrN2/c1-3-4-9-16(11-5-6-11)13-12(14)10(2)7-8-15-13/h7-8,11H,3-6,9H2,1-2H3. The van der Waals surface area contributed by atoms with E-state index in [-0.39, 0.29) is 0 Å². The van der Waals surface area contributed by atoms with Crippen molar-refractivity contribution >= 4 is 21.7 Å². The SMILES string of the molecule is CCCCN(c1nccc(C)c1Br)C1CC1. The van der Waals surface area contributed by atoms with E-state index in [1.54, 1.807) is 0 Å². The molecule has 16 heavy (non-hydrogen) atoms. The van der Waals surface area contributed by atoms with Gasteiger partial charge in [0.2, 0.25) is 0 Å². The molecule has 0 N–H and O–H groups in total. The molecule has 2 rings (SSSR count). The maximum Gasteiger partial charge on any atom is 0.143 e. The highest BCUT2D eigenvalue weighted by Gasteiger charge is 2.30. The van der Waals surface area contributed by atoms with Crippen LogP contribution in [-0.4, -0.2) is 17.6 Å². The van der Waals surface area contributed by atoms with E-state index < -0.39 is 0 Å². The van der Waals surface area contributed by atoms with E-state index in [4.69, 9.17) is 0 Å². The minimum atomic E-state index is 0.733. The van der Waals surface area contributed by atoms with Gasteiger partial charge in [0.05, 0.1) is 4.47 Å². The van der Waals surface area contributed by atoms with Crippen LogP contribution in [-0.2, 0) is 0 Å². The number of aryl methyl sites for hydroxylation is 1. The van der Waals surface area contributed by atoms with Crippen LogP contribution in [0.3, 0.4) is 0 Å². The quantitative estimate of drug-likeness (QED) is 0.814. The fourth-order valence-electron chi connectivity index (χ4n) is 1.90. The molecule has 0 amide bonds. The molecule has 0 atom stereocenters. The molecular formula is C13H19BrN2. The summed E-state index contributed by atoms with van der Waals surface area (Å²) in [5.74, 6) is 1.14. The molecule has 1 aromatic rings. The zero-order valence-corrected chi connectivity index (χ0v) is 11.6. The second-order valence-corrected chi connectivity index (χ2v) is 5.34. The fraction of sp³-hybridized carbons (Fsp3) is 0.615. The van der Waals surface area contributed by atoms with Crippen molar-refractivity contribution in [2.24, 2.45) is 0 Å². The Morgan fingerprint density at radius 3 is 2.88 bits per heavy atom. The first-order chi connectivity index (χ1) is 7.74. The number of rotatable bonds is 5. The molecule has 1 heterocycles. The lowest BCUT2D eigenvalue weighted by atomic mass is 10.2. The monoisotopic (exact) mass is 282 g/mol. The van der Waals surface area contributed by atoms with Gasteiger partial charge in [0.15, 0.2) is 0 Å². The molecule has 0 saturated heterocycles. The molecule has 3 heteroatoms. The van der Waals surface area contributed by atoms with Gasteiger partial charge >= 0.3 is 0 Å². The molecule has 0 unspecified atom stereocenters. The Kier molecular flexibility index (Phi) is 3.85. The van der Waals surface area contributed by atoms with Crippen molar-refractivity contribution in [1.82, 2.24) is 4.98 Å². The summed E-state index contributed by atoms with van der Waals surface area (Å²) in [6, 6.07) is 2.79. The van der Waals surface area contributed by atoms with E-state index in [2.05, 4.69) is 45.7 Å². The predicted molar refractivity (Wildman–Crippen MR) is 72.0 cm³/mol. The van der Waals surface area contributed by atoms with E-state index >= 15 is 0 Å². The molecule has 0 aliphatic heterocycles. The van der Waals surface area contributed by atoms with Crippen LogP contribution in [0.15, 0.2) is 16.7 Å². The summed E-state index contributed by atoms with van der Waals surface area (Å²) < 4.78 is 1.16. The topological polar surface area (TPSA) is 16.1 Å². The largest absolute Gasteiger partial charge is 0.353 e. The Balaban J connectivity index is 2.20. The van der Waals surface area contributed by atoms with Crippen molar-refractivity contribution in [1.29, 1.82) is 0 Å². The third-order valence-corrected chi connectivity index (χ3v) is 4.06. The number of unbranched alkanes of at least 4 members (excludes halogenated alkanes) is 1. The molecule has 0 aromatic carbocycles. The zero-order chi connectivity index (χ0) is 11.5. The average molecular weight is 283 g/mol. The summed E-state index contributed by atoms with van der Waals surface area (Å²) in [5.41, 5.74) is 1.27. The van der Waals surface area contributed by atoms with E-state index in [1.165, 1.54) is 31.2 Å². The summed E-state index contributed by atoms with van der Waals surface area (Å²) in [7, 11) is 0. The summed E-state index contributed by atoms with van der Waals surface area (Å²) in [6.45, 7) is 5.50. The second kappa shape index (κ2) is 5.17. The molecule has 88 valence electrons. The van der Waals surface area contributed by atoms with Gasteiger partial charge < -0.3 is 4.90 Å². The van der Waals surface area contributed by atoms with Gasteiger partial charge in [0.1, 0.15) is 5.82 Å². The number of nitrogens with zero attached hydrogens (tertiary/aromatic N) is 2. The van der Waals surface area contributed by atoms with Gasteiger partial charge in [-0.05, 0) is 53.7 Å². The van der Waals surface area contributed by atoms with Crippen molar-refractivity contribution in [3.63, 3.8) is 0 Å². The van der Waals surface area contributed by atoms with E-state index in [0.29, 0.717) is 0 Å². The number of halogens is 1. The average Bonchev–Trinajstić information content (AvgIpc) is 3.08. The molecule has 2 nitrogen and oxygen atoms in total. The first kappa shape index (κ1) is 11.9. The highest BCUT2D eigenvalue weighted by Crippen LogP contribution is 2.35. The fourth-order valence-corrected chi connectivity index (χ4v) is 2.36. The third kappa shape index (κ3) is 2.57. The van der Waals surface area contributed by atoms with Crippen LogP contribution < -0.4 is 4.90 Å². The molecule has 1 aliphatic carbocycles. The van der Waals surface area contributed by atoms with Crippen molar-refractivity contribution in [3.8, 4) is 0 Å². The van der Waals surface area contributed by atoms with Gasteiger partial charge in [-0.25, -0.2) is 4.98 Å². The predicted octanol–water partition coefficient (Wildman–Crippen LogP) is 3.92. The van der Waals surface area contributed by atoms with E-state index in [9.17, 15) is 0 Å². The number of hydrogen-bond donors (Lipinski definition) is 0. The van der Waals surface area contributed by atoms with Gasteiger partial charge in [0.25, 0.3) is 0 Å². The summed E-state index contributed by atoms with van der Waals surface area (Å²) in [4.78, 5) is 7.01. The minimum absolute atomic E-state index is 0.733. The molecule has 0 spiro atoms. The Morgan fingerprint density at radius 2 is 2.25 bits per heavy atom. The Labute approximate surface area is 106 Å². The molecule has 1 saturated carbocycles. The second-order valence-electron chi connectivity index (χ2n) is 4.54. The Bertz CT molecular complexity index is 361. The molecule has 0 radical (unpaired) electrons. The normalized spacial score (nSPS) is 15.2. The van der Waals surface area contributed by atoms with Crippen LogP contribution in [0.2, 0.25) is 0 Å². The first-order valence-corrected chi connectivity index (χ1v) is 6.91. The highest BCUT2D eigenvalue weighted by atomic mass is 79.9. The Morgan fingerprint density at radius 1 is 1.50 bits per heavy atom. The molecule has 1 fully saturated rings. The molecular weight excluding hydrogens is 264 g/mol. The van der Waals surface area contributed by atoms with E-state index in [1.807, 2.05) is 6.20 Å². The molecule has 0 bridgehead atoms. The van der Waals surface area contributed by atoms with Crippen molar-refractivity contribution in [2.45, 2.75) is 45.6 Å². The van der Waals surface area contributed by atoms with Crippen LogP contribution in [0.5, 0.6) is 0 Å². The summed E-state index contributed by atoms with van der Waals surface area (Å²) >= 11 is 3.66. The first-order valence-electron chi connectivity index (χ1n) is 6.11. The molecule has 1 aromatic heterocycles. The van der Waals surface area contributed by atoms with Gasteiger partial charge in [-0.3, -0.25) is 0 Å². The smallest absolute Gasteiger partial charge is 0.143 e. The van der Waals surface area contributed by atoms with Crippen LogP contribution in [0.4, 0.5) is 5.82 Å². The molecule has 1 aliphatic rings. The van der Waals surface area contributed by atoms with Crippen LogP contribution in [0, 0.1) is 6.92 Å². The van der Waals surface area contributed by atoms with Gasteiger partial charge in [-0.15, -0.1) is 0 Å². The van der Waals surface area contributed by atoms with E-state index in [0.717, 1.165) is 22.9 Å². The lowest BCUT2D eigenvalue weighted by molar-refractivity contribution is 0.703. The highest BCUT2D eigenvalue weighted by molar-refractivity contribution is 9.10. The third-order valence-electron chi connectivity index (χ3n) is 3.08. The zero-order valence-electron chi connectivity index (χ0n) is 10.0. The van der Waals surface area contributed by atoms with Gasteiger partial charge in [0, 0.05) is 18.8 Å². The Hall–Kier alpha value is -0.570. The van der Waals surface area contributed by atoms with Crippen LogP contribution >= 0.6 is 15.9 Å². The van der Waals surface area contributed by atoms with Crippen LogP contribution in [0.25, 0.3) is 0 Å². The van der Waals surface area contributed by atoms with Crippen molar-refractivity contribution in [3.05, 3.63) is 22.3 Å².